The number of amides is 1. The first-order valence-electron chi connectivity index (χ1n) is 7.59. The van der Waals surface area contributed by atoms with Crippen LogP contribution in [-0.2, 0) is 9.53 Å². The molecular weight excluding hydrogens is 360 g/mol. The van der Waals surface area contributed by atoms with Gasteiger partial charge in [0.25, 0.3) is 5.91 Å². The van der Waals surface area contributed by atoms with Gasteiger partial charge in [-0.1, -0.05) is 17.7 Å². The summed E-state index contributed by atoms with van der Waals surface area (Å²) in [6.45, 7) is 1.46. The summed E-state index contributed by atoms with van der Waals surface area (Å²) in [6.07, 6.45) is -1.06. The van der Waals surface area contributed by atoms with Crippen LogP contribution in [0, 0.1) is 11.3 Å². The van der Waals surface area contributed by atoms with E-state index in [-0.39, 0.29) is 17.4 Å². The number of fused-ring (bicyclic) bond motifs is 1. The van der Waals surface area contributed by atoms with E-state index in [0.717, 1.165) is 0 Å². The molecule has 1 atom stereocenters. The summed E-state index contributed by atoms with van der Waals surface area (Å²) in [6, 6.07) is 11.2. The molecule has 1 heterocycles. The van der Waals surface area contributed by atoms with Crippen molar-refractivity contribution in [2.75, 3.05) is 12.1 Å². The van der Waals surface area contributed by atoms with Crippen molar-refractivity contribution in [2.45, 2.75) is 13.0 Å². The lowest BCUT2D eigenvalue weighted by Crippen LogP contribution is -2.30. The van der Waals surface area contributed by atoms with Crippen LogP contribution in [-0.4, -0.2) is 24.8 Å². The first kappa shape index (κ1) is 17.6. The third-order valence-corrected chi connectivity index (χ3v) is 3.86. The van der Waals surface area contributed by atoms with Crippen LogP contribution in [0.4, 0.5) is 5.69 Å². The normalized spacial score (nSPS) is 12.8. The number of hydrogen-bond acceptors (Lipinski definition) is 6. The van der Waals surface area contributed by atoms with Crippen LogP contribution in [0.5, 0.6) is 11.5 Å². The van der Waals surface area contributed by atoms with Crippen LogP contribution in [0.3, 0.4) is 0 Å². The number of benzene rings is 2. The van der Waals surface area contributed by atoms with Crippen molar-refractivity contribution in [2.24, 2.45) is 0 Å². The van der Waals surface area contributed by atoms with Gasteiger partial charge in [0.1, 0.15) is 0 Å². The highest BCUT2D eigenvalue weighted by Gasteiger charge is 2.24. The Labute approximate surface area is 154 Å². The molecule has 1 amide bonds. The lowest BCUT2D eigenvalue weighted by Gasteiger charge is -2.14. The molecule has 7 nitrogen and oxygen atoms in total. The average molecular weight is 373 g/mol. The van der Waals surface area contributed by atoms with Gasteiger partial charge in [-0.2, -0.15) is 5.26 Å². The standard InChI is InChI=1S/C18H13ClN2O5/c1-10(17(22)21-13-4-2-3-11(5-13)8-20)26-18(23)12-6-14(19)16-15(7-12)24-9-25-16/h2-7,10H,9H2,1H3,(H,21,22). The minimum Gasteiger partial charge on any atom is -0.454 e. The van der Waals surface area contributed by atoms with Crippen LogP contribution in [0.25, 0.3) is 0 Å². The smallest absolute Gasteiger partial charge is 0.339 e. The Morgan fingerprint density at radius 3 is 2.88 bits per heavy atom. The van der Waals surface area contributed by atoms with Crippen molar-refractivity contribution in [3.63, 3.8) is 0 Å². The fourth-order valence-corrected chi connectivity index (χ4v) is 2.54. The van der Waals surface area contributed by atoms with Crippen molar-refractivity contribution >= 4 is 29.2 Å². The van der Waals surface area contributed by atoms with E-state index in [9.17, 15) is 9.59 Å². The zero-order valence-corrected chi connectivity index (χ0v) is 14.4. The Hall–Kier alpha value is -3.24. The second-order valence-corrected chi connectivity index (χ2v) is 5.83. The summed E-state index contributed by atoms with van der Waals surface area (Å²) in [5.74, 6) is -0.542. The Kier molecular flexibility index (Phi) is 4.96. The number of halogens is 1. The van der Waals surface area contributed by atoms with Gasteiger partial charge in [0.2, 0.25) is 6.79 Å². The van der Waals surface area contributed by atoms with Gasteiger partial charge in [-0.3, -0.25) is 4.79 Å². The summed E-state index contributed by atoms with van der Waals surface area (Å²) in [4.78, 5) is 24.5. The lowest BCUT2D eigenvalue weighted by atomic mass is 10.2. The zero-order valence-electron chi connectivity index (χ0n) is 13.6. The Bertz CT molecular complexity index is 922. The summed E-state index contributed by atoms with van der Waals surface area (Å²) in [5.41, 5.74) is 0.982. The van der Waals surface area contributed by atoms with Crippen LogP contribution >= 0.6 is 11.6 Å². The van der Waals surface area contributed by atoms with E-state index in [2.05, 4.69) is 5.32 Å². The highest BCUT2D eigenvalue weighted by Crippen LogP contribution is 2.39. The maximum absolute atomic E-state index is 12.3. The number of nitrogens with zero attached hydrogens (tertiary/aromatic N) is 1. The number of ether oxygens (including phenoxy) is 3. The lowest BCUT2D eigenvalue weighted by molar-refractivity contribution is -0.123. The van der Waals surface area contributed by atoms with E-state index in [1.54, 1.807) is 18.2 Å². The van der Waals surface area contributed by atoms with E-state index < -0.39 is 18.0 Å². The highest BCUT2D eigenvalue weighted by molar-refractivity contribution is 6.32. The topological polar surface area (TPSA) is 97.7 Å². The zero-order chi connectivity index (χ0) is 18.7. The molecule has 0 bridgehead atoms. The van der Waals surface area contributed by atoms with Gasteiger partial charge in [-0.15, -0.1) is 0 Å². The first-order chi connectivity index (χ1) is 12.5. The van der Waals surface area contributed by atoms with E-state index in [1.165, 1.54) is 25.1 Å². The van der Waals surface area contributed by atoms with Crippen molar-refractivity contribution in [1.29, 1.82) is 5.26 Å². The molecule has 0 fully saturated rings. The minimum absolute atomic E-state index is 0.0219. The van der Waals surface area contributed by atoms with Crippen LogP contribution < -0.4 is 14.8 Å². The highest BCUT2D eigenvalue weighted by atomic mass is 35.5. The van der Waals surface area contributed by atoms with Crippen molar-refractivity contribution < 1.29 is 23.8 Å². The SMILES string of the molecule is CC(OC(=O)c1cc(Cl)c2c(c1)OCO2)C(=O)Nc1cccc(C#N)c1. The predicted molar refractivity (Wildman–Crippen MR) is 92.2 cm³/mol. The van der Waals surface area contributed by atoms with Crippen molar-refractivity contribution in [3.05, 3.63) is 52.5 Å². The predicted octanol–water partition coefficient (Wildman–Crippen LogP) is 3.12. The largest absolute Gasteiger partial charge is 0.454 e. The average Bonchev–Trinajstić information content (AvgIpc) is 3.11. The molecule has 0 spiro atoms. The summed E-state index contributed by atoms with van der Waals surface area (Å²) in [5, 5.41) is 11.7. The molecule has 1 unspecified atom stereocenters. The number of nitriles is 1. The third kappa shape index (κ3) is 3.71. The summed E-state index contributed by atoms with van der Waals surface area (Å²) >= 11 is 6.04. The van der Waals surface area contributed by atoms with Gasteiger partial charge in [-0.05, 0) is 37.3 Å². The van der Waals surface area contributed by atoms with Gasteiger partial charge in [0.15, 0.2) is 17.6 Å². The maximum atomic E-state index is 12.3. The van der Waals surface area contributed by atoms with E-state index in [1.807, 2.05) is 6.07 Å². The quantitative estimate of drug-likeness (QED) is 0.828. The molecule has 0 aliphatic carbocycles. The van der Waals surface area contributed by atoms with Crippen molar-refractivity contribution in [3.8, 4) is 17.6 Å². The van der Waals surface area contributed by atoms with E-state index >= 15 is 0 Å². The molecule has 0 radical (unpaired) electrons. The van der Waals surface area contributed by atoms with Crippen molar-refractivity contribution in [1.82, 2.24) is 0 Å². The molecule has 26 heavy (non-hydrogen) atoms. The summed E-state index contributed by atoms with van der Waals surface area (Å²) in [7, 11) is 0. The monoisotopic (exact) mass is 372 g/mol. The summed E-state index contributed by atoms with van der Waals surface area (Å²) < 4.78 is 15.5. The van der Waals surface area contributed by atoms with Crippen LogP contribution in [0.1, 0.15) is 22.8 Å². The number of hydrogen-bond donors (Lipinski definition) is 1. The fraction of sp³-hybridized carbons (Fsp3) is 0.167. The number of carbonyl (C=O) groups is 2. The molecule has 0 aromatic heterocycles. The number of esters is 1. The fourth-order valence-electron chi connectivity index (χ4n) is 2.28. The van der Waals surface area contributed by atoms with E-state index in [4.69, 9.17) is 31.1 Å². The van der Waals surface area contributed by atoms with E-state index in [0.29, 0.717) is 22.7 Å². The van der Waals surface area contributed by atoms with Gasteiger partial charge < -0.3 is 19.5 Å². The molecule has 1 aliphatic rings. The molecule has 2 aromatic carbocycles. The Morgan fingerprint density at radius 1 is 1.31 bits per heavy atom. The molecule has 1 N–H and O–H groups in total. The second-order valence-electron chi connectivity index (χ2n) is 5.42. The molecule has 8 heteroatoms. The third-order valence-electron chi connectivity index (χ3n) is 3.58. The van der Waals surface area contributed by atoms with Gasteiger partial charge in [0, 0.05) is 5.69 Å². The molecular formula is C18H13ClN2O5. The van der Waals surface area contributed by atoms with Gasteiger partial charge in [-0.25, -0.2) is 4.79 Å². The number of carbonyl (C=O) groups excluding carboxylic acids is 2. The number of nitrogens with one attached hydrogen (secondary N) is 1. The van der Waals surface area contributed by atoms with Gasteiger partial charge in [0.05, 0.1) is 22.2 Å². The number of rotatable bonds is 4. The van der Waals surface area contributed by atoms with Crippen LogP contribution in [0.15, 0.2) is 36.4 Å². The maximum Gasteiger partial charge on any atom is 0.339 e. The Morgan fingerprint density at radius 2 is 2.12 bits per heavy atom. The second kappa shape index (κ2) is 7.33. The number of anilines is 1. The molecule has 0 saturated carbocycles. The Balaban J connectivity index is 1.66. The molecule has 1 aliphatic heterocycles. The molecule has 3 rings (SSSR count). The van der Waals surface area contributed by atoms with Crippen LogP contribution in [0.2, 0.25) is 5.02 Å². The molecule has 0 saturated heterocycles. The molecule has 2 aromatic rings. The minimum atomic E-state index is -1.06. The first-order valence-corrected chi connectivity index (χ1v) is 7.97. The molecule has 132 valence electrons. The van der Waals surface area contributed by atoms with Gasteiger partial charge >= 0.3 is 5.97 Å².